The third-order valence-electron chi connectivity index (χ3n) is 6.15. The first-order valence-corrected chi connectivity index (χ1v) is 12.2. The van der Waals surface area contributed by atoms with Crippen LogP contribution in [-0.4, -0.2) is 74.7 Å². The van der Waals surface area contributed by atoms with E-state index in [1.165, 1.54) is 21.9 Å². The average molecular weight is 544 g/mol. The first-order chi connectivity index (χ1) is 17.6. The molecular formula is C25H33F4N5O4. The van der Waals surface area contributed by atoms with Crippen LogP contribution >= 0.6 is 0 Å². The maximum atomic E-state index is 15.3. The number of carbonyl (C=O) groups is 1. The molecule has 13 heteroatoms. The molecule has 0 spiro atoms. The van der Waals surface area contributed by atoms with Gasteiger partial charge in [0.25, 0.3) is 0 Å². The molecule has 0 aliphatic carbocycles. The Morgan fingerprint density at radius 1 is 1.24 bits per heavy atom. The van der Waals surface area contributed by atoms with Gasteiger partial charge in [-0.3, -0.25) is 0 Å². The summed E-state index contributed by atoms with van der Waals surface area (Å²) in [6.07, 6.45) is -5.25. The fourth-order valence-electron chi connectivity index (χ4n) is 3.96. The van der Waals surface area contributed by atoms with Crippen LogP contribution in [-0.2, 0) is 17.5 Å². The number of amides is 1. The van der Waals surface area contributed by atoms with Crippen LogP contribution in [0.25, 0.3) is 0 Å². The van der Waals surface area contributed by atoms with Crippen molar-refractivity contribution in [3.63, 3.8) is 0 Å². The van der Waals surface area contributed by atoms with Gasteiger partial charge >= 0.3 is 12.3 Å². The van der Waals surface area contributed by atoms with Crippen LogP contribution in [0.1, 0.15) is 45.2 Å². The van der Waals surface area contributed by atoms with E-state index in [1.807, 2.05) is 0 Å². The van der Waals surface area contributed by atoms with Crippen molar-refractivity contribution < 1.29 is 37.3 Å². The van der Waals surface area contributed by atoms with Gasteiger partial charge in [-0.2, -0.15) is 17.6 Å². The summed E-state index contributed by atoms with van der Waals surface area (Å²) in [5.74, 6) is -1.10. The zero-order valence-electron chi connectivity index (χ0n) is 21.7. The highest BCUT2D eigenvalue weighted by atomic mass is 19.4. The van der Waals surface area contributed by atoms with Gasteiger partial charge in [0, 0.05) is 26.2 Å². The average Bonchev–Trinajstić information content (AvgIpc) is 2.82. The summed E-state index contributed by atoms with van der Waals surface area (Å²) in [6, 6.07) is 4.58. The molecule has 210 valence electrons. The lowest BCUT2D eigenvalue weighted by Crippen LogP contribution is -2.60. The lowest BCUT2D eigenvalue weighted by Gasteiger charge is -2.42. The molecule has 9 nitrogen and oxygen atoms in total. The second kappa shape index (κ2) is 11.3. The first-order valence-electron chi connectivity index (χ1n) is 12.2. The Hall–Kier alpha value is -3.19. The zero-order chi connectivity index (χ0) is 28.3. The number of β-amino-alcohol motifs (C(OH)–C–C–N with tert-alkyl or cyclic N) is 1. The normalized spacial score (nSPS) is 20.3. The van der Waals surface area contributed by atoms with Gasteiger partial charge in [-0.1, -0.05) is 12.1 Å². The number of nitrogens with one attached hydrogen (secondary N) is 1. The van der Waals surface area contributed by atoms with Gasteiger partial charge in [0.2, 0.25) is 5.82 Å². The number of aliphatic hydroxyl groups is 2. The number of rotatable bonds is 7. The number of carbonyl (C=O) groups excluding carboxylic acids is 1. The number of anilines is 2. The molecule has 2 heterocycles. The van der Waals surface area contributed by atoms with Gasteiger partial charge in [-0.15, -0.1) is 0 Å². The summed E-state index contributed by atoms with van der Waals surface area (Å²) in [5, 5.41) is 24.3. The summed E-state index contributed by atoms with van der Waals surface area (Å²) in [5.41, 5.74) is -2.62. The Morgan fingerprint density at radius 3 is 2.45 bits per heavy atom. The Bertz CT molecular complexity index is 1110. The molecule has 3 N–H and O–H groups in total. The number of halogens is 4. The second-order valence-electron chi connectivity index (χ2n) is 10.2. The van der Waals surface area contributed by atoms with Crippen molar-refractivity contribution in [1.29, 1.82) is 0 Å². The Labute approximate surface area is 218 Å². The van der Waals surface area contributed by atoms with Crippen LogP contribution in [0.3, 0.4) is 0 Å². The van der Waals surface area contributed by atoms with E-state index < -0.39 is 41.0 Å². The summed E-state index contributed by atoms with van der Waals surface area (Å²) < 4.78 is 59.2. The van der Waals surface area contributed by atoms with E-state index in [2.05, 4.69) is 15.3 Å². The fraction of sp³-hybridized carbons (Fsp3) is 0.560. The number of aliphatic hydroxyl groups excluding tert-OH is 1. The second-order valence-corrected chi connectivity index (χ2v) is 10.2. The van der Waals surface area contributed by atoms with Crippen molar-refractivity contribution in [2.45, 2.75) is 64.1 Å². The number of piperidine rings is 1. The van der Waals surface area contributed by atoms with Crippen LogP contribution < -0.4 is 10.2 Å². The minimum Gasteiger partial charge on any atom is -0.444 e. The van der Waals surface area contributed by atoms with E-state index >= 15 is 4.39 Å². The van der Waals surface area contributed by atoms with Gasteiger partial charge in [-0.05, 0) is 51.8 Å². The number of likely N-dealkylation sites (tertiary alicyclic amines) is 1. The molecule has 1 aliphatic rings. The molecular weight excluding hydrogens is 510 g/mol. The molecule has 0 radical (unpaired) electrons. The molecule has 1 saturated heterocycles. The van der Waals surface area contributed by atoms with Crippen LogP contribution in [0.4, 0.5) is 34.0 Å². The third-order valence-corrected chi connectivity index (χ3v) is 6.15. The quantitative estimate of drug-likeness (QED) is 0.453. The van der Waals surface area contributed by atoms with Crippen LogP contribution in [0.15, 0.2) is 30.6 Å². The van der Waals surface area contributed by atoms with Crippen molar-refractivity contribution in [2.75, 3.05) is 36.4 Å². The molecule has 1 aromatic heterocycles. The summed E-state index contributed by atoms with van der Waals surface area (Å²) in [6.45, 7) is 7.02. The van der Waals surface area contributed by atoms with Crippen molar-refractivity contribution in [3.05, 3.63) is 47.5 Å². The molecule has 3 rings (SSSR count). The zero-order valence-corrected chi connectivity index (χ0v) is 21.7. The molecule has 38 heavy (non-hydrogen) atoms. The van der Waals surface area contributed by atoms with E-state index in [0.29, 0.717) is 12.1 Å². The first kappa shape index (κ1) is 29.4. The summed E-state index contributed by atoms with van der Waals surface area (Å²) in [7, 11) is 0. The highest BCUT2D eigenvalue weighted by Crippen LogP contribution is 2.30. The lowest BCUT2D eigenvalue weighted by atomic mass is 9.88. The number of benzene rings is 1. The van der Waals surface area contributed by atoms with E-state index in [4.69, 9.17) is 4.74 Å². The van der Waals surface area contributed by atoms with E-state index in [-0.39, 0.29) is 44.2 Å². The molecule has 1 aliphatic heterocycles. The molecule has 2 unspecified atom stereocenters. The van der Waals surface area contributed by atoms with Crippen molar-refractivity contribution in [1.82, 2.24) is 14.9 Å². The van der Waals surface area contributed by atoms with Crippen LogP contribution in [0.5, 0.6) is 0 Å². The number of hydrogen-bond donors (Lipinski definition) is 3. The largest absolute Gasteiger partial charge is 0.444 e. The molecule has 1 aromatic carbocycles. The number of nitrogens with zero attached hydrogens (tertiary/aromatic N) is 4. The highest BCUT2D eigenvalue weighted by Gasteiger charge is 2.43. The predicted octanol–water partition coefficient (Wildman–Crippen LogP) is 3.81. The van der Waals surface area contributed by atoms with Gasteiger partial charge < -0.3 is 30.1 Å². The monoisotopic (exact) mass is 543 g/mol. The molecule has 0 saturated carbocycles. The van der Waals surface area contributed by atoms with Crippen molar-refractivity contribution in [2.24, 2.45) is 0 Å². The van der Waals surface area contributed by atoms with Crippen molar-refractivity contribution >= 4 is 17.7 Å². The summed E-state index contributed by atoms with van der Waals surface area (Å²) >= 11 is 0. The van der Waals surface area contributed by atoms with Crippen molar-refractivity contribution in [3.8, 4) is 0 Å². The van der Waals surface area contributed by atoms with Gasteiger partial charge in [0.05, 0.1) is 12.1 Å². The topological polar surface area (TPSA) is 111 Å². The summed E-state index contributed by atoms with van der Waals surface area (Å²) in [4.78, 5) is 23.0. The standard InChI is InChI=1S/C25H33F4N5O4/c1-5-33(12-16-6-8-17(9-7-16)25(27,28)29)21-19(26)20(31-15-32-21)30-14-24(37)10-11-34(13-18(24)35)22(36)38-23(2,3)4/h6-9,15,18,35,37H,5,10-14H2,1-4H3,(H,30,31,32). The maximum Gasteiger partial charge on any atom is 0.416 e. The Morgan fingerprint density at radius 2 is 1.89 bits per heavy atom. The van der Waals surface area contributed by atoms with Gasteiger partial charge in [-0.25, -0.2) is 14.8 Å². The number of hydrogen-bond acceptors (Lipinski definition) is 8. The smallest absolute Gasteiger partial charge is 0.416 e. The fourth-order valence-corrected chi connectivity index (χ4v) is 3.96. The van der Waals surface area contributed by atoms with Crippen LogP contribution in [0, 0.1) is 5.82 Å². The maximum absolute atomic E-state index is 15.3. The molecule has 1 amide bonds. The van der Waals surface area contributed by atoms with Gasteiger partial charge in [0.15, 0.2) is 11.6 Å². The van der Waals surface area contributed by atoms with Gasteiger partial charge in [0.1, 0.15) is 23.6 Å². The SMILES string of the molecule is CCN(Cc1ccc(C(F)(F)F)cc1)c1ncnc(NCC2(O)CCN(C(=O)OC(C)(C)C)CC2O)c1F. The Balaban J connectivity index is 1.67. The number of ether oxygens (including phenoxy) is 1. The third kappa shape index (κ3) is 7.22. The number of alkyl halides is 3. The minimum absolute atomic E-state index is 0.00890. The molecule has 0 bridgehead atoms. The molecule has 2 aromatic rings. The van der Waals surface area contributed by atoms with E-state index in [0.717, 1.165) is 18.5 Å². The predicted molar refractivity (Wildman–Crippen MR) is 132 cm³/mol. The van der Waals surface area contributed by atoms with E-state index in [9.17, 15) is 28.2 Å². The Kier molecular flexibility index (Phi) is 8.72. The highest BCUT2D eigenvalue weighted by molar-refractivity contribution is 5.68. The van der Waals surface area contributed by atoms with Crippen LogP contribution in [0.2, 0.25) is 0 Å². The molecule has 2 atom stereocenters. The lowest BCUT2D eigenvalue weighted by molar-refractivity contribution is -0.137. The number of aromatic nitrogens is 2. The van der Waals surface area contributed by atoms with E-state index in [1.54, 1.807) is 27.7 Å². The molecule has 1 fully saturated rings. The minimum atomic E-state index is -4.45.